The van der Waals surface area contributed by atoms with Gasteiger partial charge in [0, 0.05) is 5.56 Å². The van der Waals surface area contributed by atoms with Gasteiger partial charge in [0.25, 0.3) is 0 Å². The van der Waals surface area contributed by atoms with Crippen LogP contribution in [0.4, 0.5) is 13.2 Å². The first-order valence-corrected chi connectivity index (χ1v) is 6.17. The summed E-state index contributed by atoms with van der Waals surface area (Å²) in [6.45, 7) is 8.90. The standard InChI is InChI=1S/C12H14F3NO.C2H6/c1-7(2)11(16-17)9-5-4-8(3)10(6-9)12(13,14)15;1-2/h4-7,17H,1-3H3;1-2H3/b16-11+;. The van der Waals surface area contributed by atoms with E-state index in [1.54, 1.807) is 13.8 Å². The summed E-state index contributed by atoms with van der Waals surface area (Å²) in [6, 6.07) is 3.93. The van der Waals surface area contributed by atoms with Gasteiger partial charge in [-0.25, -0.2) is 0 Å². The Balaban J connectivity index is 0.00000154. The van der Waals surface area contributed by atoms with Crippen LogP contribution in [-0.2, 0) is 6.18 Å². The van der Waals surface area contributed by atoms with Crippen molar-refractivity contribution in [2.45, 2.75) is 40.8 Å². The second-order valence-corrected chi connectivity index (χ2v) is 4.17. The van der Waals surface area contributed by atoms with E-state index in [-0.39, 0.29) is 17.2 Å². The van der Waals surface area contributed by atoms with Crippen molar-refractivity contribution in [3.05, 3.63) is 34.9 Å². The minimum atomic E-state index is -4.39. The fourth-order valence-corrected chi connectivity index (χ4v) is 1.59. The molecule has 0 bridgehead atoms. The van der Waals surface area contributed by atoms with Crippen molar-refractivity contribution in [2.75, 3.05) is 0 Å². The summed E-state index contributed by atoms with van der Waals surface area (Å²) in [7, 11) is 0. The summed E-state index contributed by atoms with van der Waals surface area (Å²) in [6.07, 6.45) is -4.39. The van der Waals surface area contributed by atoms with Crippen molar-refractivity contribution < 1.29 is 18.4 Å². The van der Waals surface area contributed by atoms with Crippen LogP contribution in [0.5, 0.6) is 0 Å². The summed E-state index contributed by atoms with van der Waals surface area (Å²) < 4.78 is 38.1. The van der Waals surface area contributed by atoms with E-state index in [9.17, 15) is 13.2 Å². The van der Waals surface area contributed by atoms with Crippen molar-refractivity contribution in [1.82, 2.24) is 0 Å². The van der Waals surface area contributed by atoms with Gasteiger partial charge in [-0.2, -0.15) is 13.2 Å². The van der Waals surface area contributed by atoms with Crippen LogP contribution in [0.1, 0.15) is 44.4 Å². The predicted molar refractivity (Wildman–Crippen MR) is 70.7 cm³/mol. The molecule has 0 amide bonds. The summed E-state index contributed by atoms with van der Waals surface area (Å²) in [5.41, 5.74) is -0.00461. The number of aryl methyl sites for hydroxylation is 1. The van der Waals surface area contributed by atoms with E-state index in [0.717, 1.165) is 6.07 Å². The van der Waals surface area contributed by atoms with Gasteiger partial charge in [0.2, 0.25) is 0 Å². The molecule has 0 spiro atoms. The summed E-state index contributed by atoms with van der Waals surface area (Å²) in [4.78, 5) is 0. The Labute approximate surface area is 111 Å². The molecule has 0 saturated heterocycles. The molecule has 2 nitrogen and oxygen atoms in total. The van der Waals surface area contributed by atoms with Gasteiger partial charge < -0.3 is 5.21 Å². The Bertz CT molecular complexity index is 437. The van der Waals surface area contributed by atoms with Crippen molar-refractivity contribution in [3.8, 4) is 0 Å². The van der Waals surface area contributed by atoms with Crippen molar-refractivity contribution in [2.24, 2.45) is 11.1 Å². The smallest absolute Gasteiger partial charge is 0.411 e. The van der Waals surface area contributed by atoms with E-state index < -0.39 is 11.7 Å². The van der Waals surface area contributed by atoms with Gasteiger partial charge in [0.15, 0.2) is 0 Å². The SMILES string of the molecule is CC.Cc1ccc(/C(=N/O)C(C)C)cc1C(F)(F)F. The molecular weight excluding hydrogens is 255 g/mol. The number of oxime groups is 1. The zero-order valence-corrected chi connectivity index (χ0v) is 11.8. The molecular formula is C14H20F3NO. The van der Waals surface area contributed by atoms with E-state index in [0.29, 0.717) is 5.56 Å². The average Bonchev–Trinajstić information content (AvgIpc) is 2.32. The molecule has 0 aliphatic carbocycles. The maximum atomic E-state index is 12.7. The van der Waals surface area contributed by atoms with Crippen LogP contribution in [0.3, 0.4) is 0 Å². The zero-order chi connectivity index (χ0) is 15.2. The van der Waals surface area contributed by atoms with Gasteiger partial charge in [-0.1, -0.05) is 45.0 Å². The van der Waals surface area contributed by atoms with Crippen LogP contribution in [0.25, 0.3) is 0 Å². The summed E-state index contributed by atoms with van der Waals surface area (Å²) in [5.74, 6) is -0.149. The highest BCUT2D eigenvalue weighted by Crippen LogP contribution is 2.32. The molecule has 0 heterocycles. The Kier molecular flexibility index (Phi) is 6.59. The molecule has 0 aromatic heterocycles. The van der Waals surface area contributed by atoms with Gasteiger partial charge in [-0.05, 0) is 24.5 Å². The highest BCUT2D eigenvalue weighted by atomic mass is 19.4. The van der Waals surface area contributed by atoms with Crippen LogP contribution < -0.4 is 0 Å². The van der Waals surface area contributed by atoms with E-state index >= 15 is 0 Å². The van der Waals surface area contributed by atoms with Gasteiger partial charge in [0.1, 0.15) is 0 Å². The number of hydrogen-bond donors (Lipinski definition) is 1. The largest absolute Gasteiger partial charge is 0.416 e. The molecule has 19 heavy (non-hydrogen) atoms. The predicted octanol–water partition coefficient (Wildman–Crippen LogP) is 4.87. The van der Waals surface area contributed by atoms with Crippen LogP contribution in [0.2, 0.25) is 0 Å². The normalized spacial score (nSPS) is 12.2. The molecule has 0 atom stereocenters. The first kappa shape index (κ1) is 17.5. The minimum absolute atomic E-state index is 0.149. The lowest BCUT2D eigenvalue weighted by atomic mass is 9.96. The molecule has 5 heteroatoms. The first-order chi connectivity index (χ1) is 8.77. The highest BCUT2D eigenvalue weighted by molar-refractivity contribution is 6.01. The lowest BCUT2D eigenvalue weighted by Crippen LogP contribution is -2.13. The molecule has 0 radical (unpaired) electrons. The van der Waals surface area contributed by atoms with Crippen molar-refractivity contribution >= 4 is 5.71 Å². The van der Waals surface area contributed by atoms with Gasteiger partial charge in [-0.15, -0.1) is 0 Å². The fourth-order valence-electron chi connectivity index (χ4n) is 1.59. The van der Waals surface area contributed by atoms with E-state index in [4.69, 9.17) is 5.21 Å². The Morgan fingerprint density at radius 2 is 1.74 bits per heavy atom. The molecule has 0 aliphatic heterocycles. The van der Waals surface area contributed by atoms with Crippen LogP contribution in [-0.4, -0.2) is 10.9 Å². The number of hydrogen-bond acceptors (Lipinski definition) is 2. The molecule has 0 aliphatic rings. The third-order valence-electron chi connectivity index (χ3n) is 2.49. The second-order valence-electron chi connectivity index (χ2n) is 4.17. The molecule has 1 N–H and O–H groups in total. The molecule has 0 saturated carbocycles. The first-order valence-electron chi connectivity index (χ1n) is 6.17. The molecule has 1 rings (SSSR count). The number of rotatable bonds is 2. The molecule has 1 aromatic carbocycles. The van der Waals surface area contributed by atoms with Crippen molar-refractivity contribution in [1.29, 1.82) is 0 Å². The average molecular weight is 275 g/mol. The number of benzene rings is 1. The van der Waals surface area contributed by atoms with Gasteiger partial charge in [-0.3, -0.25) is 0 Å². The Morgan fingerprint density at radius 1 is 1.21 bits per heavy atom. The van der Waals surface area contributed by atoms with Gasteiger partial charge in [0.05, 0.1) is 11.3 Å². The second kappa shape index (κ2) is 7.16. The Hall–Kier alpha value is -1.52. The highest BCUT2D eigenvalue weighted by Gasteiger charge is 2.32. The molecule has 108 valence electrons. The monoisotopic (exact) mass is 275 g/mol. The number of alkyl halides is 3. The van der Waals surface area contributed by atoms with Crippen LogP contribution in [0.15, 0.2) is 23.4 Å². The summed E-state index contributed by atoms with van der Waals surface area (Å²) in [5, 5.41) is 11.9. The number of nitrogens with zero attached hydrogens (tertiary/aromatic N) is 1. The topological polar surface area (TPSA) is 32.6 Å². The van der Waals surface area contributed by atoms with E-state index in [1.807, 2.05) is 13.8 Å². The molecule has 0 unspecified atom stereocenters. The molecule has 0 fully saturated rings. The van der Waals surface area contributed by atoms with Crippen LogP contribution >= 0.6 is 0 Å². The zero-order valence-electron chi connectivity index (χ0n) is 11.8. The quantitative estimate of drug-likeness (QED) is 0.466. The molecule has 1 aromatic rings. The minimum Gasteiger partial charge on any atom is -0.411 e. The fraction of sp³-hybridized carbons (Fsp3) is 0.500. The summed E-state index contributed by atoms with van der Waals surface area (Å²) >= 11 is 0. The third kappa shape index (κ3) is 4.58. The van der Waals surface area contributed by atoms with E-state index in [1.165, 1.54) is 19.1 Å². The third-order valence-corrected chi connectivity index (χ3v) is 2.49. The van der Waals surface area contributed by atoms with Gasteiger partial charge >= 0.3 is 6.18 Å². The number of halogens is 3. The van der Waals surface area contributed by atoms with Crippen molar-refractivity contribution in [3.63, 3.8) is 0 Å². The van der Waals surface area contributed by atoms with Crippen LogP contribution in [0, 0.1) is 12.8 Å². The lowest BCUT2D eigenvalue weighted by Gasteiger charge is -2.14. The lowest BCUT2D eigenvalue weighted by molar-refractivity contribution is -0.138. The maximum Gasteiger partial charge on any atom is 0.416 e. The maximum absolute atomic E-state index is 12.7. The van der Waals surface area contributed by atoms with E-state index in [2.05, 4.69) is 5.16 Å². The Morgan fingerprint density at radius 3 is 2.11 bits per heavy atom.